The summed E-state index contributed by atoms with van der Waals surface area (Å²) in [5, 5.41) is 2.86. The van der Waals surface area contributed by atoms with Crippen LogP contribution < -0.4 is 15.0 Å². The molecule has 3 rings (SSSR count). The quantitative estimate of drug-likeness (QED) is 0.816. The smallest absolute Gasteiger partial charge is 0.422 e. The van der Waals surface area contributed by atoms with E-state index in [1.165, 1.54) is 12.1 Å². The van der Waals surface area contributed by atoms with E-state index in [0.717, 1.165) is 25.2 Å². The summed E-state index contributed by atoms with van der Waals surface area (Å²) in [6, 6.07) is 6.28. The Morgan fingerprint density at radius 3 is 2.93 bits per heavy atom. The molecule has 2 aromatic rings. The average molecular weight is 394 g/mol. The minimum absolute atomic E-state index is 0.0878. The van der Waals surface area contributed by atoms with Crippen LogP contribution in [0.5, 0.6) is 5.75 Å². The number of anilines is 1. The number of halogens is 3. The van der Waals surface area contributed by atoms with Crippen molar-refractivity contribution in [2.75, 3.05) is 24.6 Å². The van der Waals surface area contributed by atoms with E-state index in [0.29, 0.717) is 12.1 Å². The van der Waals surface area contributed by atoms with Crippen molar-refractivity contribution in [3.8, 4) is 5.75 Å². The van der Waals surface area contributed by atoms with Crippen molar-refractivity contribution < 1.29 is 22.7 Å². The highest BCUT2D eigenvalue weighted by Gasteiger charge is 2.28. The first-order chi connectivity index (χ1) is 13.4. The fraction of sp³-hybridized carbons (Fsp3) is 0.421. The molecule has 6 nitrogen and oxygen atoms in total. The number of rotatable bonds is 6. The summed E-state index contributed by atoms with van der Waals surface area (Å²) < 4.78 is 41.5. The zero-order valence-electron chi connectivity index (χ0n) is 15.2. The summed E-state index contributed by atoms with van der Waals surface area (Å²) in [6.07, 6.45) is 2.15. The summed E-state index contributed by atoms with van der Waals surface area (Å²) in [6.45, 7) is 0.257. The number of carbonyl (C=O) groups excluding carboxylic acids is 1. The standard InChI is InChI=1S/C19H21F3N4O2/c20-19(21,22)13-28-16-5-1-3-14(9-16)10-25-18(27)15-4-2-8-26(12-15)17-11-23-6-7-24-17/h1,3,5-7,9,11,15H,2,4,8,10,12-13H2,(H,25,27)/t15-/m1/s1. The Morgan fingerprint density at radius 2 is 2.18 bits per heavy atom. The Labute approximate surface area is 160 Å². The number of hydrogen-bond donors (Lipinski definition) is 1. The summed E-state index contributed by atoms with van der Waals surface area (Å²) in [5.41, 5.74) is 0.676. The molecule has 1 atom stereocenters. The molecule has 2 heterocycles. The SMILES string of the molecule is O=C(NCc1cccc(OCC(F)(F)F)c1)[C@@H]1CCCN(c2cnccn2)C1. The minimum Gasteiger partial charge on any atom is -0.484 e. The van der Waals surface area contributed by atoms with Crippen molar-refractivity contribution >= 4 is 11.7 Å². The van der Waals surface area contributed by atoms with Crippen LogP contribution in [-0.4, -0.2) is 41.7 Å². The van der Waals surface area contributed by atoms with Crippen LogP contribution in [0.15, 0.2) is 42.9 Å². The molecule has 1 N–H and O–H groups in total. The second-order valence-electron chi connectivity index (χ2n) is 6.62. The van der Waals surface area contributed by atoms with Gasteiger partial charge in [-0.25, -0.2) is 4.98 Å². The molecule has 1 amide bonds. The number of benzene rings is 1. The molecule has 1 aliphatic rings. The zero-order valence-corrected chi connectivity index (χ0v) is 15.2. The fourth-order valence-electron chi connectivity index (χ4n) is 3.10. The van der Waals surface area contributed by atoms with Crippen LogP contribution in [0.3, 0.4) is 0 Å². The molecule has 1 aliphatic heterocycles. The van der Waals surface area contributed by atoms with Gasteiger partial charge in [-0.3, -0.25) is 9.78 Å². The van der Waals surface area contributed by atoms with Crippen LogP contribution in [0.2, 0.25) is 0 Å². The number of amides is 1. The Kier molecular flexibility index (Phi) is 6.33. The molecular weight excluding hydrogens is 373 g/mol. The number of nitrogens with zero attached hydrogens (tertiary/aromatic N) is 3. The molecular formula is C19H21F3N4O2. The molecule has 0 unspecified atom stereocenters. The van der Waals surface area contributed by atoms with Crippen molar-refractivity contribution in [2.24, 2.45) is 5.92 Å². The number of piperidine rings is 1. The van der Waals surface area contributed by atoms with Crippen LogP contribution in [0.25, 0.3) is 0 Å². The van der Waals surface area contributed by atoms with E-state index in [1.807, 2.05) is 4.90 Å². The summed E-state index contributed by atoms with van der Waals surface area (Å²) in [5.74, 6) is 0.598. The normalized spacial score (nSPS) is 17.2. The summed E-state index contributed by atoms with van der Waals surface area (Å²) >= 11 is 0. The Bertz CT molecular complexity index is 786. The van der Waals surface area contributed by atoms with Crippen LogP contribution in [0.1, 0.15) is 18.4 Å². The number of hydrogen-bond acceptors (Lipinski definition) is 5. The number of alkyl halides is 3. The molecule has 0 spiro atoms. The highest BCUT2D eigenvalue weighted by molar-refractivity contribution is 5.79. The van der Waals surface area contributed by atoms with Crippen molar-refractivity contribution in [1.82, 2.24) is 15.3 Å². The third-order valence-corrected chi connectivity index (χ3v) is 4.43. The predicted octanol–water partition coefficient (Wildman–Crippen LogP) is 2.95. The van der Waals surface area contributed by atoms with E-state index < -0.39 is 12.8 Å². The van der Waals surface area contributed by atoms with Gasteiger partial charge in [-0.2, -0.15) is 13.2 Å². The molecule has 150 valence electrons. The van der Waals surface area contributed by atoms with Gasteiger partial charge in [0.1, 0.15) is 11.6 Å². The van der Waals surface area contributed by atoms with Gasteiger partial charge >= 0.3 is 6.18 Å². The first-order valence-corrected chi connectivity index (χ1v) is 8.98. The van der Waals surface area contributed by atoms with E-state index in [9.17, 15) is 18.0 Å². The number of nitrogens with one attached hydrogen (secondary N) is 1. The monoisotopic (exact) mass is 394 g/mol. The van der Waals surface area contributed by atoms with Gasteiger partial charge in [-0.15, -0.1) is 0 Å². The fourth-order valence-corrected chi connectivity index (χ4v) is 3.10. The molecule has 1 saturated heterocycles. The molecule has 0 saturated carbocycles. The number of ether oxygens (including phenoxy) is 1. The van der Waals surface area contributed by atoms with Gasteiger partial charge in [0, 0.05) is 32.0 Å². The van der Waals surface area contributed by atoms with Crippen molar-refractivity contribution in [3.05, 3.63) is 48.4 Å². The van der Waals surface area contributed by atoms with Gasteiger partial charge in [0.2, 0.25) is 5.91 Å². The maximum atomic E-state index is 12.5. The molecule has 1 aromatic heterocycles. The predicted molar refractivity (Wildman–Crippen MR) is 96.8 cm³/mol. The van der Waals surface area contributed by atoms with E-state index in [-0.39, 0.29) is 24.1 Å². The Balaban J connectivity index is 1.52. The molecule has 9 heteroatoms. The number of aromatic nitrogens is 2. The molecule has 0 radical (unpaired) electrons. The van der Waals surface area contributed by atoms with Crippen molar-refractivity contribution in [2.45, 2.75) is 25.6 Å². The molecule has 0 aliphatic carbocycles. The van der Waals surface area contributed by atoms with Gasteiger partial charge in [0.15, 0.2) is 6.61 Å². The minimum atomic E-state index is -4.39. The largest absolute Gasteiger partial charge is 0.484 e. The summed E-state index contributed by atoms with van der Waals surface area (Å²) in [7, 11) is 0. The third-order valence-electron chi connectivity index (χ3n) is 4.43. The lowest BCUT2D eigenvalue weighted by Gasteiger charge is -2.32. The van der Waals surface area contributed by atoms with E-state index in [1.54, 1.807) is 30.7 Å². The van der Waals surface area contributed by atoms with Gasteiger partial charge in [-0.05, 0) is 30.5 Å². The Morgan fingerprint density at radius 1 is 1.32 bits per heavy atom. The van der Waals surface area contributed by atoms with Crippen LogP contribution in [-0.2, 0) is 11.3 Å². The summed E-state index contributed by atoms with van der Waals surface area (Å²) in [4.78, 5) is 22.9. The van der Waals surface area contributed by atoms with Crippen LogP contribution in [0.4, 0.5) is 19.0 Å². The highest BCUT2D eigenvalue weighted by Crippen LogP contribution is 2.22. The zero-order chi connectivity index (χ0) is 20.0. The molecule has 28 heavy (non-hydrogen) atoms. The third kappa shape index (κ3) is 5.83. The van der Waals surface area contributed by atoms with Crippen molar-refractivity contribution in [1.29, 1.82) is 0 Å². The maximum Gasteiger partial charge on any atom is 0.422 e. The molecule has 0 bridgehead atoms. The van der Waals surface area contributed by atoms with Crippen molar-refractivity contribution in [3.63, 3.8) is 0 Å². The lowest BCUT2D eigenvalue weighted by molar-refractivity contribution is -0.153. The van der Waals surface area contributed by atoms with E-state index >= 15 is 0 Å². The van der Waals surface area contributed by atoms with Crippen LogP contribution >= 0.6 is 0 Å². The number of carbonyl (C=O) groups is 1. The average Bonchev–Trinajstić information content (AvgIpc) is 2.71. The second-order valence-corrected chi connectivity index (χ2v) is 6.62. The lowest BCUT2D eigenvalue weighted by atomic mass is 9.97. The van der Waals surface area contributed by atoms with E-state index in [2.05, 4.69) is 15.3 Å². The van der Waals surface area contributed by atoms with Gasteiger partial charge in [0.05, 0.1) is 12.1 Å². The Hall–Kier alpha value is -2.84. The van der Waals surface area contributed by atoms with Crippen LogP contribution in [0, 0.1) is 5.92 Å². The van der Waals surface area contributed by atoms with E-state index in [4.69, 9.17) is 4.74 Å². The topological polar surface area (TPSA) is 67.3 Å². The van der Waals surface area contributed by atoms with Gasteiger partial charge < -0.3 is 15.0 Å². The first-order valence-electron chi connectivity index (χ1n) is 8.98. The maximum absolute atomic E-state index is 12.5. The lowest BCUT2D eigenvalue weighted by Crippen LogP contribution is -2.43. The molecule has 1 aromatic carbocycles. The van der Waals surface area contributed by atoms with Gasteiger partial charge in [-0.1, -0.05) is 12.1 Å². The highest BCUT2D eigenvalue weighted by atomic mass is 19.4. The first kappa shape index (κ1) is 19.9. The van der Waals surface area contributed by atoms with Gasteiger partial charge in [0.25, 0.3) is 0 Å². The molecule has 1 fully saturated rings. The second kappa shape index (κ2) is 8.90.